The van der Waals surface area contributed by atoms with E-state index in [9.17, 15) is 9.18 Å². The van der Waals surface area contributed by atoms with Gasteiger partial charge in [0.1, 0.15) is 5.82 Å². The zero-order valence-electron chi connectivity index (χ0n) is 13.9. The van der Waals surface area contributed by atoms with Crippen LogP contribution in [0.2, 0.25) is 0 Å². The van der Waals surface area contributed by atoms with Crippen molar-refractivity contribution in [2.24, 2.45) is 0 Å². The topological polar surface area (TPSA) is 44.4 Å². The highest BCUT2D eigenvalue weighted by atomic mass is 19.1. The lowest BCUT2D eigenvalue weighted by Gasteiger charge is -2.32. The molecule has 2 rings (SSSR count). The summed E-state index contributed by atoms with van der Waals surface area (Å²) in [6.45, 7) is 10.8. The van der Waals surface area contributed by atoms with E-state index in [1.165, 1.54) is 17.7 Å². The van der Waals surface area contributed by atoms with E-state index in [0.29, 0.717) is 0 Å². The van der Waals surface area contributed by atoms with E-state index >= 15 is 0 Å². The maximum absolute atomic E-state index is 12.9. The van der Waals surface area contributed by atoms with Gasteiger partial charge >= 0.3 is 6.03 Å². The zero-order chi connectivity index (χ0) is 16.8. The lowest BCUT2D eigenvalue weighted by molar-refractivity contribution is 0.200. The Kier molecular flexibility index (Phi) is 6.16. The quantitative estimate of drug-likeness (QED) is 0.819. The van der Waals surface area contributed by atoms with Crippen LogP contribution in [0.15, 0.2) is 36.4 Å². The van der Waals surface area contributed by atoms with E-state index < -0.39 is 0 Å². The Balaban J connectivity index is 1.75. The first-order chi connectivity index (χ1) is 10.9. The van der Waals surface area contributed by atoms with Crippen molar-refractivity contribution in [3.8, 4) is 0 Å². The second kappa shape index (κ2) is 8.11. The average molecular weight is 319 g/mol. The highest BCUT2D eigenvalue weighted by Crippen LogP contribution is 2.14. The number of likely N-dealkylation sites (tertiary alicyclic amines) is 1. The zero-order valence-corrected chi connectivity index (χ0v) is 13.9. The Labute approximate surface area is 137 Å². The van der Waals surface area contributed by atoms with E-state index in [2.05, 4.69) is 22.1 Å². The number of hydrogen-bond donors (Lipinski definition) is 2. The maximum atomic E-state index is 12.9. The molecule has 0 unspecified atom stereocenters. The van der Waals surface area contributed by atoms with Gasteiger partial charge in [-0.2, -0.15) is 0 Å². The molecule has 1 atom stereocenters. The van der Waals surface area contributed by atoms with E-state index in [4.69, 9.17) is 0 Å². The molecular formula is C18H26FN3O. The first kappa shape index (κ1) is 17.5. The normalized spacial score (nSPS) is 17.5. The molecule has 1 aromatic rings. The molecule has 1 aliphatic heterocycles. The van der Waals surface area contributed by atoms with E-state index in [0.717, 1.165) is 38.0 Å². The van der Waals surface area contributed by atoms with Crippen molar-refractivity contribution in [3.63, 3.8) is 0 Å². The predicted octanol–water partition coefficient (Wildman–Crippen LogP) is 3.23. The number of benzene rings is 1. The van der Waals surface area contributed by atoms with Gasteiger partial charge in [0.05, 0.1) is 6.04 Å². The fraction of sp³-hybridized carbons (Fsp3) is 0.500. The van der Waals surface area contributed by atoms with Gasteiger partial charge in [-0.25, -0.2) is 9.18 Å². The van der Waals surface area contributed by atoms with Gasteiger partial charge in [0.15, 0.2) is 0 Å². The summed E-state index contributed by atoms with van der Waals surface area (Å²) in [7, 11) is 0. The second-order valence-electron chi connectivity index (χ2n) is 6.40. The molecule has 1 fully saturated rings. The monoisotopic (exact) mass is 319 g/mol. The minimum atomic E-state index is -0.271. The predicted molar refractivity (Wildman–Crippen MR) is 90.8 cm³/mol. The molecule has 1 saturated heterocycles. The fourth-order valence-electron chi connectivity index (χ4n) is 2.88. The summed E-state index contributed by atoms with van der Waals surface area (Å²) >= 11 is 0. The number of halogens is 1. The Hall–Kier alpha value is -1.88. The lowest BCUT2D eigenvalue weighted by Crippen LogP contribution is -2.48. The summed E-state index contributed by atoms with van der Waals surface area (Å²) in [5, 5.41) is 5.94. The number of rotatable bonds is 5. The summed E-state index contributed by atoms with van der Waals surface area (Å²) in [5.74, 6) is -0.271. The van der Waals surface area contributed by atoms with Crippen LogP contribution in [0, 0.1) is 5.82 Å². The molecule has 5 heteroatoms. The van der Waals surface area contributed by atoms with Gasteiger partial charge in [0.2, 0.25) is 0 Å². The van der Waals surface area contributed by atoms with E-state index in [1.807, 2.05) is 13.8 Å². The molecule has 1 aromatic carbocycles. The van der Waals surface area contributed by atoms with Gasteiger partial charge in [-0.15, -0.1) is 0 Å². The standard InChI is InChI=1S/C18H26FN3O/c1-13(2)12-22-10-8-17(9-11-22)21-18(23)20-14(3)15-4-6-16(19)7-5-15/h4-7,14,17H,1,8-12H2,2-3H3,(H2,20,21,23)/t14-/m1/s1. The molecule has 2 N–H and O–H groups in total. The van der Waals surface area contributed by atoms with Crippen molar-refractivity contribution in [2.75, 3.05) is 19.6 Å². The van der Waals surface area contributed by atoms with Crippen molar-refractivity contribution in [2.45, 2.75) is 38.8 Å². The van der Waals surface area contributed by atoms with Crippen LogP contribution in [-0.2, 0) is 0 Å². The van der Waals surface area contributed by atoms with Crippen molar-refractivity contribution in [1.82, 2.24) is 15.5 Å². The number of piperidine rings is 1. The number of urea groups is 1. The molecule has 1 heterocycles. The Morgan fingerprint density at radius 1 is 1.35 bits per heavy atom. The molecule has 0 spiro atoms. The van der Waals surface area contributed by atoms with Gasteiger partial charge < -0.3 is 10.6 Å². The third-order valence-corrected chi connectivity index (χ3v) is 4.13. The van der Waals surface area contributed by atoms with Crippen LogP contribution in [0.25, 0.3) is 0 Å². The SMILES string of the molecule is C=C(C)CN1CCC(NC(=O)N[C@H](C)c2ccc(F)cc2)CC1. The minimum absolute atomic E-state index is 0.154. The van der Waals surface area contributed by atoms with Crippen LogP contribution in [0.1, 0.15) is 38.3 Å². The molecular weight excluding hydrogens is 293 g/mol. The molecule has 1 aliphatic rings. The average Bonchev–Trinajstić information content (AvgIpc) is 2.49. The summed E-state index contributed by atoms with van der Waals surface area (Å²) in [6.07, 6.45) is 1.90. The third-order valence-electron chi connectivity index (χ3n) is 4.13. The minimum Gasteiger partial charge on any atom is -0.335 e. The summed E-state index contributed by atoms with van der Waals surface area (Å²) in [6, 6.07) is 6.08. The number of nitrogens with one attached hydrogen (secondary N) is 2. The number of nitrogens with zero attached hydrogens (tertiary/aromatic N) is 1. The number of carbonyl (C=O) groups excluding carboxylic acids is 1. The summed E-state index contributed by atoms with van der Waals surface area (Å²) < 4.78 is 12.9. The Morgan fingerprint density at radius 3 is 2.52 bits per heavy atom. The largest absolute Gasteiger partial charge is 0.335 e. The summed E-state index contributed by atoms with van der Waals surface area (Å²) in [4.78, 5) is 14.5. The fourth-order valence-corrected chi connectivity index (χ4v) is 2.88. The van der Waals surface area contributed by atoms with Crippen LogP contribution >= 0.6 is 0 Å². The summed E-state index contributed by atoms with van der Waals surface area (Å²) in [5.41, 5.74) is 2.06. The highest BCUT2D eigenvalue weighted by Gasteiger charge is 2.21. The van der Waals surface area contributed by atoms with Crippen molar-refractivity contribution >= 4 is 6.03 Å². The molecule has 0 radical (unpaired) electrons. The number of hydrogen-bond acceptors (Lipinski definition) is 2. The first-order valence-electron chi connectivity index (χ1n) is 8.13. The van der Waals surface area contributed by atoms with Gasteiger partial charge in [-0.3, -0.25) is 4.90 Å². The van der Waals surface area contributed by atoms with Crippen molar-refractivity contribution in [1.29, 1.82) is 0 Å². The van der Waals surface area contributed by atoms with E-state index in [1.54, 1.807) is 12.1 Å². The van der Waals surface area contributed by atoms with Crippen LogP contribution in [-0.4, -0.2) is 36.6 Å². The Bertz CT molecular complexity index is 536. The van der Waals surface area contributed by atoms with Gasteiger partial charge in [0.25, 0.3) is 0 Å². The molecule has 126 valence electrons. The molecule has 0 saturated carbocycles. The molecule has 0 aliphatic carbocycles. The highest BCUT2D eigenvalue weighted by molar-refractivity contribution is 5.74. The van der Waals surface area contributed by atoms with Crippen molar-refractivity contribution < 1.29 is 9.18 Å². The molecule has 4 nitrogen and oxygen atoms in total. The third kappa shape index (κ3) is 5.67. The van der Waals surface area contributed by atoms with Gasteiger partial charge in [-0.05, 0) is 44.4 Å². The van der Waals surface area contributed by atoms with E-state index in [-0.39, 0.29) is 23.9 Å². The van der Waals surface area contributed by atoms with Crippen LogP contribution in [0.5, 0.6) is 0 Å². The van der Waals surface area contributed by atoms with Crippen LogP contribution in [0.3, 0.4) is 0 Å². The van der Waals surface area contributed by atoms with Crippen molar-refractivity contribution in [3.05, 3.63) is 47.8 Å². The van der Waals surface area contributed by atoms with Crippen LogP contribution < -0.4 is 10.6 Å². The molecule has 23 heavy (non-hydrogen) atoms. The van der Waals surface area contributed by atoms with Gasteiger partial charge in [0, 0.05) is 25.7 Å². The van der Waals surface area contributed by atoms with Crippen LogP contribution in [0.4, 0.5) is 9.18 Å². The van der Waals surface area contributed by atoms with Gasteiger partial charge in [-0.1, -0.05) is 24.3 Å². The first-order valence-corrected chi connectivity index (χ1v) is 8.13. The Morgan fingerprint density at radius 2 is 1.96 bits per heavy atom. The number of carbonyl (C=O) groups is 1. The smallest absolute Gasteiger partial charge is 0.315 e. The molecule has 0 aromatic heterocycles. The lowest BCUT2D eigenvalue weighted by atomic mass is 10.0. The molecule has 0 bridgehead atoms. The maximum Gasteiger partial charge on any atom is 0.315 e. The molecule has 2 amide bonds. The second-order valence-corrected chi connectivity index (χ2v) is 6.40. The number of amides is 2.